The lowest BCUT2D eigenvalue weighted by atomic mass is 10.1. The molecule has 0 aliphatic carbocycles. The Morgan fingerprint density at radius 3 is 2.70 bits per heavy atom. The number of para-hydroxylation sites is 1. The van der Waals surface area contributed by atoms with Crippen LogP contribution < -0.4 is 10.1 Å². The topological polar surface area (TPSA) is 62.1 Å². The van der Waals surface area contributed by atoms with Gasteiger partial charge in [0.05, 0.1) is 17.8 Å². The van der Waals surface area contributed by atoms with Gasteiger partial charge in [0.1, 0.15) is 17.4 Å². The van der Waals surface area contributed by atoms with E-state index in [1.165, 1.54) is 13.2 Å². The number of halogens is 2. The van der Waals surface area contributed by atoms with Crippen molar-refractivity contribution in [3.8, 4) is 11.8 Å². The first kappa shape index (κ1) is 17.3. The smallest absolute Gasteiger partial charge is 0.266 e. The Balaban J connectivity index is 2.25. The number of methoxy groups -OCH3 is 1. The Kier molecular flexibility index (Phi) is 6.02. The number of nitrogens with one attached hydrogen (secondary N) is 1. The highest BCUT2D eigenvalue weighted by molar-refractivity contribution is 14.1. The third-order valence-electron chi connectivity index (χ3n) is 2.97. The fraction of sp³-hybridized carbons (Fsp3) is 0.0588. The summed E-state index contributed by atoms with van der Waals surface area (Å²) in [4.78, 5) is 12.2. The average molecular weight is 439 g/mol. The van der Waals surface area contributed by atoms with Gasteiger partial charge in [0.2, 0.25) is 0 Å². The predicted octanol–water partition coefficient (Wildman–Crippen LogP) is 4.50. The lowest BCUT2D eigenvalue weighted by molar-refractivity contribution is -0.112. The average Bonchev–Trinajstić information content (AvgIpc) is 2.54. The SMILES string of the molecule is COc1ccc(C=C(C#N)C(=O)Nc2ccccc2I)cc1Cl. The van der Waals surface area contributed by atoms with Crippen LogP contribution in [-0.2, 0) is 4.79 Å². The van der Waals surface area contributed by atoms with Gasteiger partial charge in [0.25, 0.3) is 5.91 Å². The Hall–Kier alpha value is -2.04. The number of nitriles is 1. The van der Waals surface area contributed by atoms with E-state index in [0.29, 0.717) is 22.0 Å². The van der Waals surface area contributed by atoms with E-state index in [0.717, 1.165) is 3.57 Å². The Bertz CT molecular complexity index is 812. The van der Waals surface area contributed by atoms with Gasteiger partial charge in [-0.25, -0.2) is 0 Å². The number of ether oxygens (including phenoxy) is 1. The highest BCUT2D eigenvalue weighted by atomic mass is 127. The molecular weight excluding hydrogens is 427 g/mol. The van der Waals surface area contributed by atoms with Gasteiger partial charge >= 0.3 is 0 Å². The van der Waals surface area contributed by atoms with Crippen LogP contribution in [0, 0.1) is 14.9 Å². The number of benzene rings is 2. The summed E-state index contributed by atoms with van der Waals surface area (Å²) in [6.07, 6.45) is 1.48. The Morgan fingerprint density at radius 2 is 2.09 bits per heavy atom. The molecule has 6 heteroatoms. The summed E-state index contributed by atoms with van der Waals surface area (Å²) in [6, 6.07) is 14.3. The molecule has 2 rings (SSSR count). The van der Waals surface area contributed by atoms with E-state index in [4.69, 9.17) is 16.3 Å². The van der Waals surface area contributed by atoms with Crippen LogP contribution in [-0.4, -0.2) is 13.0 Å². The van der Waals surface area contributed by atoms with Crippen molar-refractivity contribution in [3.05, 3.63) is 62.2 Å². The third kappa shape index (κ3) is 4.47. The number of rotatable bonds is 4. The second-order valence-corrected chi connectivity index (χ2v) is 6.07. The second kappa shape index (κ2) is 7.99. The molecule has 0 atom stereocenters. The molecule has 0 unspecified atom stereocenters. The van der Waals surface area contributed by atoms with Crippen molar-refractivity contribution < 1.29 is 9.53 Å². The van der Waals surface area contributed by atoms with Crippen molar-refractivity contribution in [1.82, 2.24) is 0 Å². The van der Waals surface area contributed by atoms with Crippen LogP contribution in [0.4, 0.5) is 5.69 Å². The lowest BCUT2D eigenvalue weighted by Crippen LogP contribution is -2.14. The molecule has 0 aromatic heterocycles. The summed E-state index contributed by atoms with van der Waals surface area (Å²) in [5, 5.41) is 12.4. The van der Waals surface area contributed by atoms with Crippen molar-refractivity contribution in [2.45, 2.75) is 0 Å². The van der Waals surface area contributed by atoms with Crippen LogP contribution in [0.5, 0.6) is 5.75 Å². The molecule has 0 fully saturated rings. The molecule has 0 aliphatic heterocycles. The number of anilines is 1. The van der Waals surface area contributed by atoms with Gasteiger partial charge in [-0.1, -0.05) is 29.8 Å². The zero-order valence-electron chi connectivity index (χ0n) is 12.1. The maximum atomic E-state index is 12.2. The molecule has 0 saturated carbocycles. The van der Waals surface area contributed by atoms with Crippen LogP contribution in [0.1, 0.15) is 5.56 Å². The van der Waals surface area contributed by atoms with Crippen molar-refractivity contribution in [2.24, 2.45) is 0 Å². The molecule has 0 bridgehead atoms. The van der Waals surface area contributed by atoms with Gasteiger partial charge < -0.3 is 10.1 Å². The van der Waals surface area contributed by atoms with Crippen LogP contribution in [0.15, 0.2) is 48.0 Å². The molecule has 116 valence electrons. The minimum Gasteiger partial charge on any atom is -0.495 e. The van der Waals surface area contributed by atoms with Crippen LogP contribution >= 0.6 is 34.2 Å². The first-order chi connectivity index (χ1) is 11.0. The summed E-state index contributed by atoms with van der Waals surface area (Å²) in [5.74, 6) is 0.0640. The predicted molar refractivity (Wildman–Crippen MR) is 99.4 cm³/mol. The Morgan fingerprint density at radius 1 is 1.35 bits per heavy atom. The van der Waals surface area contributed by atoms with Crippen LogP contribution in [0.2, 0.25) is 5.02 Å². The van der Waals surface area contributed by atoms with Gasteiger partial charge in [-0.2, -0.15) is 5.26 Å². The first-order valence-corrected chi connectivity index (χ1v) is 8.02. The number of amides is 1. The fourth-order valence-corrected chi connectivity index (χ4v) is 2.63. The third-order valence-corrected chi connectivity index (χ3v) is 4.21. The van der Waals surface area contributed by atoms with Gasteiger partial charge in [0.15, 0.2) is 0 Å². The minimum absolute atomic E-state index is 0.00844. The van der Waals surface area contributed by atoms with Crippen LogP contribution in [0.3, 0.4) is 0 Å². The number of nitrogens with zero attached hydrogens (tertiary/aromatic N) is 1. The molecule has 0 aliphatic rings. The van der Waals surface area contributed by atoms with E-state index in [1.807, 2.05) is 24.3 Å². The van der Waals surface area contributed by atoms with Crippen molar-refractivity contribution in [2.75, 3.05) is 12.4 Å². The molecule has 0 heterocycles. The zero-order chi connectivity index (χ0) is 16.8. The summed E-state index contributed by atoms with van der Waals surface area (Å²) >= 11 is 8.16. The number of hydrogen-bond donors (Lipinski definition) is 1. The number of carbonyl (C=O) groups excluding carboxylic acids is 1. The second-order valence-electron chi connectivity index (χ2n) is 4.50. The standard InChI is InChI=1S/C17H12ClIN2O2/c1-23-16-7-6-11(9-13(16)18)8-12(10-20)17(22)21-15-5-3-2-4-14(15)19/h2-9H,1H3,(H,21,22). The largest absolute Gasteiger partial charge is 0.495 e. The van der Waals surface area contributed by atoms with E-state index in [-0.39, 0.29) is 5.57 Å². The first-order valence-electron chi connectivity index (χ1n) is 6.56. The van der Waals surface area contributed by atoms with E-state index in [1.54, 1.807) is 24.3 Å². The molecule has 0 spiro atoms. The summed E-state index contributed by atoms with van der Waals surface area (Å²) in [6.45, 7) is 0. The normalized spacial score (nSPS) is 10.8. The van der Waals surface area contributed by atoms with E-state index < -0.39 is 5.91 Å². The zero-order valence-corrected chi connectivity index (χ0v) is 15.1. The van der Waals surface area contributed by atoms with E-state index in [9.17, 15) is 10.1 Å². The van der Waals surface area contributed by atoms with Gasteiger partial charge in [-0.05, 0) is 58.5 Å². The van der Waals surface area contributed by atoms with Gasteiger partial charge in [-0.3, -0.25) is 4.79 Å². The molecule has 23 heavy (non-hydrogen) atoms. The lowest BCUT2D eigenvalue weighted by Gasteiger charge is -2.07. The van der Waals surface area contributed by atoms with Gasteiger partial charge in [-0.15, -0.1) is 0 Å². The monoisotopic (exact) mass is 438 g/mol. The quantitative estimate of drug-likeness (QED) is 0.434. The molecule has 1 amide bonds. The van der Waals surface area contributed by atoms with Crippen LogP contribution in [0.25, 0.3) is 6.08 Å². The van der Waals surface area contributed by atoms with Crippen molar-refractivity contribution in [1.29, 1.82) is 5.26 Å². The summed E-state index contributed by atoms with van der Waals surface area (Å²) in [7, 11) is 1.52. The Labute approximate surface area is 152 Å². The van der Waals surface area contributed by atoms with Crippen molar-refractivity contribution >= 4 is 51.9 Å². The maximum absolute atomic E-state index is 12.2. The number of hydrogen-bond acceptors (Lipinski definition) is 3. The molecule has 0 saturated heterocycles. The van der Waals surface area contributed by atoms with E-state index in [2.05, 4.69) is 27.9 Å². The summed E-state index contributed by atoms with van der Waals surface area (Å²) in [5.41, 5.74) is 1.29. The number of carbonyl (C=O) groups is 1. The highest BCUT2D eigenvalue weighted by Gasteiger charge is 2.11. The van der Waals surface area contributed by atoms with Gasteiger partial charge in [0, 0.05) is 3.57 Å². The molecular formula is C17H12ClIN2O2. The molecule has 1 N–H and O–H groups in total. The molecule has 0 radical (unpaired) electrons. The minimum atomic E-state index is -0.469. The molecule has 4 nitrogen and oxygen atoms in total. The molecule has 2 aromatic carbocycles. The summed E-state index contributed by atoms with van der Waals surface area (Å²) < 4.78 is 5.97. The maximum Gasteiger partial charge on any atom is 0.266 e. The highest BCUT2D eigenvalue weighted by Crippen LogP contribution is 2.26. The molecule has 2 aromatic rings. The van der Waals surface area contributed by atoms with E-state index >= 15 is 0 Å². The van der Waals surface area contributed by atoms with Crippen molar-refractivity contribution in [3.63, 3.8) is 0 Å². The fourth-order valence-electron chi connectivity index (χ4n) is 1.84.